The summed E-state index contributed by atoms with van der Waals surface area (Å²) in [4.78, 5) is 0. The van der Waals surface area contributed by atoms with Crippen LogP contribution in [-0.4, -0.2) is 18.5 Å². The molecule has 4 rings (SSSR count). The van der Waals surface area contributed by atoms with Gasteiger partial charge in [-0.05, 0) is 121 Å². The SMILES string of the molecule is C=C(C)C1=C(C)CC2(C)C(C)C3(C)C(C)C4CCC(CCC(O)OC)C(C)C4C(=C)C3C(C)C2(C)C1C. The highest BCUT2D eigenvalue weighted by molar-refractivity contribution is 5.41. The summed E-state index contributed by atoms with van der Waals surface area (Å²) in [6.45, 7) is 34.9. The van der Waals surface area contributed by atoms with Crippen LogP contribution in [-0.2, 0) is 4.74 Å². The van der Waals surface area contributed by atoms with Gasteiger partial charge in [0.05, 0.1) is 0 Å². The Morgan fingerprint density at radius 1 is 1.08 bits per heavy atom. The first-order chi connectivity index (χ1) is 17.1. The highest BCUT2D eigenvalue weighted by Crippen LogP contribution is 2.77. The molecule has 0 aromatic rings. The minimum atomic E-state index is -0.634. The number of aliphatic hydroxyl groups excluding tert-OH is 1. The lowest BCUT2D eigenvalue weighted by Crippen LogP contribution is -2.69. The molecule has 13 unspecified atom stereocenters. The van der Waals surface area contributed by atoms with Gasteiger partial charge < -0.3 is 9.84 Å². The summed E-state index contributed by atoms with van der Waals surface area (Å²) in [7, 11) is 1.61. The van der Waals surface area contributed by atoms with Crippen molar-refractivity contribution >= 4 is 0 Å². The number of ether oxygens (including phenoxy) is 1. The minimum absolute atomic E-state index is 0.194. The minimum Gasteiger partial charge on any atom is -0.368 e. The molecule has 0 aromatic carbocycles. The first kappa shape index (κ1) is 29.1. The fraction of sp³-hybridized carbons (Fsp3) is 0.829. The lowest BCUT2D eigenvalue weighted by Gasteiger charge is -2.74. The van der Waals surface area contributed by atoms with Gasteiger partial charge in [-0.1, -0.05) is 85.3 Å². The topological polar surface area (TPSA) is 29.5 Å². The summed E-state index contributed by atoms with van der Waals surface area (Å²) >= 11 is 0. The zero-order valence-electron chi connectivity index (χ0n) is 26.1. The van der Waals surface area contributed by atoms with E-state index < -0.39 is 6.29 Å². The highest BCUT2D eigenvalue weighted by Gasteiger charge is 2.71. The molecule has 0 amide bonds. The highest BCUT2D eigenvalue weighted by atomic mass is 16.6. The molecule has 0 radical (unpaired) electrons. The van der Waals surface area contributed by atoms with E-state index in [1.807, 2.05) is 0 Å². The first-order valence-corrected chi connectivity index (χ1v) is 15.4. The van der Waals surface area contributed by atoms with E-state index in [0.717, 1.165) is 18.8 Å². The third-order valence-corrected chi connectivity index (χ3v) is 14.3. The van der Waals surface area contributed by atoms with Crippen molar-refractivity contribution in [1.82, 2.24) is 0 Å². The smallest absolute Gasteiger partial charge is 0.154 e. The molecule has 0 heterocycles. The molecule has 210 valence electrons. The second-order valence-corrected chi connectivity index (χ2v) is 14.9. The maximum absolute atomic E-state index is 10.1. The summed E-state index contributed by atoms with van der Waals surface area (Å²) in [5.74, 6) is 5.47. The maximum atomic E-state index is 10.1. The van der Waals surface area contributed by atoms with Gasteiger partial charge in [-0.2, -0.15) is 0 Å². The van der Waals surface area contributed by atoms with Crippen molar-refractivity contribution in [3.05, 3.63) is 35.5 Å². The molecular weight excluding hydrogens is 452 g/mol. The molecule has 37 heavy (non-hydrogen) atoms. The van der Waals surface area contributed by atoms with E-state index in [2.05, 4.69) is 75.8 Å². The van der Waals surface area contributed by atoms with Crippen molar-refractivity contribution in [3.63, 3.8) is 0 Å². The van der Waals surface area contributed by atoms with Crippen LogP contribution in [0.5, 0.6) is 0 Å². The van der Waals surface area contributed by atoms with E-state index in [1.165, 1.54) is 30.4 Å². The average molecular weight is 511 g/mol. The van der Waals surface area contributed by atoms with Gasteiger partial charge in [-0.25, -0.2) is 0 Å². The Morgan fingerprint density at radius 3 is 2.27 bits per heavy atom. The molecule has 4 aliphatic carbocycles. The van der Waals surface area contributed by atoms with Crippen molar-refractivity contribution in [3.8, 4) is 0 Å². The van der Waals surface area contributed by atoms with Crippen LogP contribution < -0.4 is 0 Å². The van der Waals surface area contributed by atoms with Crippen molar-refractivity contribution in [2.45, 2.75) is 108 Å². The Bertz CT molecular complexity index is 960. The fourth-order valence-electron chi connectivity index (χ4n) is 11.8. The van der Waals surface area contributed by atoms with Crippen LogP contribution in [0.15, 0.2) is 35.5 Å². The number of allylic oxidation sites excluding steroid dienone is 4. The van der Waals surface area contributed by atoms with Crippen molar-refractivity contribution in [2.24, 2.45) is 69.5 Å². The molecule has 2 nitrogen and oxygen atoms in total. The molecular formula is C35H58O2. The summed E-state index contributed by atoms with van der Waals surface area (Å²) in [5.41, 5.74) is 6.64. The van der Waals surface area contributed by atoms with Crippen molar-refractivity contribution in [1.29, 1.82) is 0 Å². The molecule has 4 aliphatic rings. The Hall–Kier alpha value is -0.860. The van der Waals surface area contributed by atoms with Crippen LogP contribution in [0.25, 0.3) is 0 Å². The molecule has 0 spiro atoms. The van der Waals surface area contributed by atoms with E-state index in [0.29, 0.717) is 47.3 Å². The Kier molecular flexibility index (Phi) is 7.60. The zero-order chi connectivity index (χ0) is 27.8. The molecule has 2 heteroatoms. The monoisotopic (exact) mass is 510 g/mol. The Labute approximate surface area is 229 Å². The summed E-state index contributed by atoms with van der Waals surface area (Å²) in [6.07, 6.45) is 4.92. The predicted octanol–water partition coefficient (Wildman–Crippen LogP) is 9.07. The van der Waals surface area contributed by atoms with E-state index in [4.69, 9.17) is 11.3 Å². The fourth-order valence-corrected chi connectivity index (χ4v) is 11.8. The second kappa shape index (κ2) is 9.65. The van der Waals surface area contributed by atoms with Crippen molar-refractivity contribution in [2.75, 3.05) is 7.11 Å². The Morgan fingerprint density at radius 2 is 1.70 bits per heavy atom. The van der Waals surface area contributed by atoms with Gasteiger partial charge in [-0.3, -0.25) is 0 Å². The molecule has 13 atom stereocenters. The number of methoxy groups -OCH3 is 1. The molecule has 0 aliphatic heterocycles. The van der Waals surface area contributed by atoms with Gasteiger partial charge in [0.1, 0.15) is 0 Å². The van der Waals surface area contributed by atoms with Gasteiger partial charge in [0.25, 0.3) is 0 Å². The molecule has 0 saturated heterocycles. The third-order valence-electron chi connectivity index (χ3n) is 14.3. The molecule has 1 N–H and O–H groups in total. The van der Waals surface area contributed by atoms with Gasteiger partial charge >= 0.3 is 0 Å². The lowest BCUT2D eigenvalue weighted by atomic mass is 9.30. The summed E-state index contributed by atoms with van der Waals surface area (Å²) in [6, 6.07) is 0. The van der Waals surface area contributed by atoms with Gasteiger partial charge in [0, 0.05) is 7.11 Å². The maximum Gasteiger partial charge on any atom is 0.154 e. The molecule has 0 aromatic heterocycles. The van der Waals surface area contributed by atoms with Gasteiger partial charge in [0.15, 0.2) is 6.29 Å². The normalized spacial score (nSPS) is 50.7. The van der Waals surface area contributed by atoms with Crippen LogP contribution in [0, 0.1) is 69.5 Å². The van der Waals surface area contributed by atoms with Crippen molar-refractivity contribution < 1.29 is 9.84 Å². The quantitative estimate of drug-likeness (QED) is 0.295. The number of hydrogen-bond acceptors (Lipinski definition) is 2. The summed E-state index contributed by atoms with van der Waals surface area (Å²) < 4.78 is 5.17. The second-order valence-electron chi connectivity index (χ2n) is 14.9. The first-order valence-electron chi connectivity index (χ1n) is 15.4. The number of rotatable bonds is 5. The summed E-state index contributed by atoms with van der Waals surface area (Å²) in [5, 5.41) is 10.1. The zero-order valence-corrected chi connectivity index (χ0v) is 26.1. The average Bonchev–Trinajstić information content (AvgIpc) is 2.83. The number of hydrogen-bond donors (Lipinski definition) is 1. The standard InChI is InChI=1S/C35H58O2/c1-19(2)30-20(3)18-33(10)26(9)34(11)23(6)28-16-14-27(15-17-29(36)37-13)21(4)31(28)22(5)32(34)25(8)35(33,12)24(30)7/h21,23-29,31-32,36H,1,5,14-18H2,2-4,6-13H3. The van der Waals surface area contributed by atoms with Crippen LogP contribution >= 0.6 is 0 Å². The third kappa shape index (κ3) is 3.77. The Balaban J connectivity index is 1.78. The largest absolute Gasteiger partial charge is 0.368 e. The predicted molar refractivity (Wildman–Crippen MR) is 157 cm³/mol. The molecule has 3 saturated carbocycles. The van der Waals surface area contributed by atoms with E-state index in [-0.39, 0.29) is 16.2 Å². The number of fused-ring (bicyclic) bond motifs is 3. The van der Waals surface area contributed by atoms with Crippen LogP contribution in [0.4, 0.5) is 0 Å². The lowest BCUT2D eigenvalue weighted by molar-refractivity contribution is -0.229. The van der Waals surface area contributed by atoms with Crippen LogP contribution in [0.1, 0.15) is 101 Å². The number of aliphatic hydroxyl groups is 1. The molecule has 0 bridgehead atoms. The van der Waals surface area contributed by atoms with Gasteiger partial charge in [-0.15, -0.1) is 0 Å². The van der Waals surface area contributed by atoms with Crippen LogP contribution in [0.2, 0.25) is 0 Å². The van der Waals surface area contributed by atoms with Gasteiger partial charge in [0.2, 0.25) is 0 Å². The van der Waals surface area contributed by atoms with E-state index in [9.17, 15) is 5.11 Å². The van der Waals surface area contributed by atoms with Crippen LogP contribution in [0.3, 0.4) is 0 Å². The van der Waals surface area contributed by atoms with E-state index in [1.54, 1.807) is 18.3 Å². The molecule has 3 fully saturated rings. The van der Waals surface area contributed by atoms with E-state index >= 15 is 0 Å².